The Labute approximate surface area is 193 Å². The Bertz CT molecular complexity index is 656. The zero-order valence-corrected chi connectivity index (χ0v) is 20.9. The van der Waals surface area contributed by atoms with E-state index in [-0.39, 0.29) is 29.9 Å². The van der Waals surface area contributed by atoms with Crippen LogP contribution in [-0.4, -0.2) is 61.9 Å². The van der Waals surface area contributed by atoms with Crippen LogP contribution in [0.3, 0.4) is 0 Å². The van der Waals surface area contributed by atoms with Crippen LogP contribution in [-0.2, 0) is 17.9 Å². The van der Waals surface area contributed by atoms with Crippen molar-refractivity contribution in [1.29, 1.82) is 0 Å². The highest BCUT2D eigenvalue weighted by atomic mass is 127. The summed E-state index contributed by atoms with van der Waals surface area (Å²) in [5.41, 5.74) is 2.66. The summed E-state index contributed by atoms with van der Waals surface area (Å²) < 4.78 is 0. The first-order valence-corrected chi connectivity index (χ1v) is 10.4. The van der Waals surface area contributed by atoms with Gasteiger partial charge in [0.05, 0.1) is 0 Å². The number of benzene rings is 1. The lowest BCUT2D eigenvalue weighted by molar-refractivity contribution is -0.121. The lowest BCUT2D eigenvalue weighted by atomic mass is 9.93. The molecule has 0 saturated carbocycles. The van der Waals surface area contributed by atoms with Gasteiger partial charge in [0.2, 0.25) is 5.91 Å². The Hall–Kier alpha value is -1.35. The average Bonchev–Trinajstić information content (AvgIpc) is 2.70. The number of nitrogens with zero attached hydrogens (tertiary/aromatic N) is 3. The standard InChI is InChI=1S/C22H37N5O.HI/c1-17(2)26(5)16-20-9-7-6-8-19(20)15-25-22(24-4)27-12-10-18(11-13-27)14-21(28)23-3;/h6-9,17-18H,10-16H2,1-5H3,(H,23,28)(H,24,25);1H. The number of carbonyl (C=O) groups is 1. The molecule has 164 valence electrons. The van der Waals surface area contributed by atoms with E-state index in [9.17, 15) is 4.79 Å². The lowest BCUT2D eigenvalue weighted by Gasteiger charge is -2.34. The monoisotopic (exact) mass is 515 g/mol. The van der Waals surface area contributed by atoms with Gasteiger partial charge in [0.25, 0.3) is 0 Å². The van der Waals surface area contributed by atoms with Crippen molar-refractivity contribution < 1.29 is 4.79 Å². The molecule has 29 heavy (non-hydrogen) atoms. The molecule has 1 aromatic carbocycles. The van der Waals surface area contributed by atoms with Crippen molar-refractivity contribution in [3.8, 4) is 0 Å². The molecule has 1 aliphatic heterocycles. The zero-order chi connectivity index (χ0) is 20.5. The Morgan fingerprint density at radius 3 is 2.41 bits per heavy atom. The molecule has 0 unspecified atom stereocenters. The summed E-state index contributed by atoms with van der Waals surface area (Å²) in [5.74, 6) is 1.57. The molecule has 0 bridgehead atoms. The molecule has 0 atom stereocenters. The fourth-order valence-corrected chi connectivity index (χ4v) is 3.56. The SMILES string of the molecule is CN=C(NCc1ccccc1CN(C)C(C)C)N1CCC(CC(=O)NC)CC1.I. The maximum atomic E-state index is 11.6. The summed E-state index contributed by atoms with van der Waals surface area (Å²) in [5, 5.41) is 6.27. The average molecular weight is 515 g/mol. The summed E-state index contributed by atoms with van der Waals surface area (Å²) in [6, 6.07) is 9.13. The Morgan fingerprint density at radius 1 is 1.24 bits per heavy atom. The summed E-state index contributed by atoms with van der Waals surface area (Å²) in [6.07, 6.45) is 2.70. The minimum atomic E-state index is 0. The third-order valence-electron chi connectivity index (χ3n) is 5.74. The van der Waals surface area contributed by atoms with Crippen LogP contribution in [0.1, 0.15) is 44.2 Å². The van der Waals surface area contributed by atoms with Crippen LogP contribution in [0.5, 0.6) is 0 Å². The first-order chi connectivity index (χ1) is 13.4. The van der Waals surface area contributed by atoms with Crippen molar-refractivity contribution >= 4 is 35.8 Å². The third kappa shape index (κ3) is 8.12. The number of aliphatic imine (C=N–C) groups is 1. The number of nitrogens with one attached hydrogen (secondary N) is 2. The van der Waals surface area contributed by atoms with Gasteiger partial charge in [-0.2, -0.15) is 0 Å². The molecule has 0 aliphatic carbocycles. The minimum absolute atomic E-state index is 0. The topological polar surface area (TPSA) is 60.0 Å². The maximum Gasteiger partial charge on any atom is 0.220 e. The molecule has 0 radical (unpaired) electrons. The van der Waals surface area contributed by atoms with Gasteiger partial charge in [0, 0.05) is 52.7 Å². The van der Waals surface area contributed by atoms with E-state index < -0.39 is 0 Å². The van der Waals surface area contributed by atoms with Crippen molar-refractivity contribution in [2.75, 3.05) is 34.2 Å². The predicted molar refractivity (Wildman–Crippen MR) is 132 cm³/mol. The summed E-state index contributed by atoms with van der Waals surface area (Å²) in [6.45, 7) is 8.04. The second kappa shape index (κ2) is 13.1. The van der Waals surface area contributed by atoms with Gasteiger partial charge in [-0.1, -0.05) is 24.3 Å². The van der Waals surface area contributed by atoms with E-state index in [1.165, 1.54) is 11.1 Å². The van der Waals surface area contributed by atoms with E-state index in [0.717, 1.165) is 45.0 Å². The van der Waals surface area contributed by atoms with Crippen molar-refractivity contribution in [2.24, 2.45) is 10.9 Å². The smallest absolute Gasteiger partial charge is 0.220 e. The number of likely N-dealkylation sites (tertiary alicyclic amines) is 1. The summed E-state index contributed by atoms with van der Waals surface area (Å²) in [7, 11) is 5.72. The van der Waals surface area contributed by atoms with E-state index in [4.69, 9.17) is 0 Å². The molecule has 0 spiro atoms. The number of hydrogen-bond donors (Lipinski definition) is 2. The normalized spacial score (nSPS) is 15.4. The number of halogens is 1. The molecule has 2 rings (SSSR count). The van der Waals surface area contributed by atoms with Gasteiger partial charge in [0.1, 0.15) is 0 Å². The highest BCUT2D eigenvalue weighted by Gasteiger charge is 2.23. The lowest BCUT2D eigenvalue weighted by Crippen LogP contribution is -2.45. The highest BCUT2D eigenvalue weighted by Crippen LogP contribution is 2.20. The van der Waals surface area contributed by atoms with Crippen LogP contribution in [0.15, 0.2) is 29.3 Å². The van der Waals surface area contributed by atoms with Crippen LogP contribution in [0, 0.1) is 5.92 Å². The number of amides is 1. The molecular formula is C22H38IN5O. The number of guanidine groups is 1. The molecule has 2 N–H and O–H groups in total. The quantitative estimate of drug-likeness (QED) is 0.333. The van der Waals surface area contributed by atoms with Crippen molar-refractivity contribution in [2.45, 2.75) is 52.2 Å². The van der Waals surface area contributed by atoms with E-state index in [0.29, 0.717) is 18.4 Å². The Morgan fingerprint density at radius 2 is 1.86 bits per heavy atom. The van der Waals surface area contributed by atoms with Gasteiger partial charge in [-0.15, -0.1) is 24.0 Å². The molecule has 0 aromatic heterocycles. The highest BCUT2D eigenvalue weighted by molar-refractivity contribution is 14.0. The fourth-order valence-electron chi connectivity index (χ4n) is 3.56. The number of carbonyl (C=O) groups excluding carboxylic acids is 1. The van der Waals surface area contributed by atoms with Gasteiger partial charge in [-0.05, 0) is 50.8 Å². The van der Waals surface area contributed by atoms with Crippen LogP contribution in [0.25, 0.3) is 0 Å². The van der Waals surface area contributed by atoms with E-state index in [1.807, 2.05) is 7.05 Å². The van der Waals surface area contributed by atoms with Crippen molar-refractivity contribution in [3.05, 3.63) is 35.4 Å². The predicted octanol–water partition coefficient (Wildman–Crippen LogP) is 3.07. The molecule has 1 heterocycles. The molecule has 6 nitrogen and oxygen atoms in total. The second-order valence-corrected chi connectivity index (χ2v) is 7.99. The van der Waals surface area contributed by atoms with Gasteiger partial charge in [0.15, 0.2) is 5.96 Å². The molecule has 1 aromatic rings. The molecule has 7 heteroatoms. The van der Waals surface area contributed by atoms with Crippen LogP contribution < -0.4 is 10.6 Å². The maximum absolute atomic E-state index is 11.6. The van der Waals surface area contributed by atoms with Crippen molar-refractivity contribution in [3.63, 3.8) is 0 Å². The van der Waals surface area contributed by atoms with E-state index in [1.54, 1.807) is 7.05 Å². The largest absolute Gasteiger partial charge is 0.359 e. The molecule has 1 amide bonds. The first-order valence-electron chi connectivity index (χ1n) is 10.4. The Kier molecular flexibility index (Phi) is 11.6. The zero-order valence-electron chi connectivity index (χ0n) is 18.6. The van der Waals surface area contributed by atoms with Gasteiger partial charge in [-0.25, -0.2) is 0 Å². The molecule has 1 fully saturated rings. The summed E-state index contributed by atoms with van der Waals surface area (Å²) >= 11 is 0. The van der Waals surface area contributed by atoms with Gasteiger partial charge < -0.3 is 15.5 Å². The molecule has 1 aliphatic rings. The number of rotatable bonds is 7. The fraction of sp³-hybridized carbons (Fsp3) is 0.636. The molecule has 1 saturated heterocycles. The van der Waals surface area contributed by atoms with E-state index in [2.05, 4.69) is 70.6 Å². The van der Waals surface area contributed by atoms with Crippen LogP contribution >= 0.6 is 24.0 Å². The Balaban J connectivity index is 0.00000420. The summed E-state index contributed by atoms with van der Waals surface area (Å²) in [4.78, 5) is 20.7. The third-order valence-corrected chi connectivity index (χ3v) is 5.74. The first kappa shape index (κ1) is 25.7. The minimum Gasteiger partial charge on any atom is -0.359 e. The number of piperidine rings is 1. The van der Waals surface area contributed by atoms with E-state index >= 15 is 0 Å². The molecular weight excluding hydrogens is 477 g/mol. The van der Waals surface area contributed by atoms with Crippen LogP contribution in [0.2, 0.25) is 0 Å². The van der Waals surface area contributed by atoms with Gasteiger partial charge in [-0.3, -0.25) is 14.7 Å². The van der Waals surface area contributed by atoms with Gasteiger partial charge >= 0.3 is 0 Å². The van der Waals surface area contributed by atoms with Crippen molar-refractivity contribution in [1.82, 2.24) is 20.4 Å². The van der Waals surface area contributed by atoms with Crippen LogP contribution in [0.4, 0.5) is 0 Å². The number of hydrogen-bond acceptors (Lipinski definition) is 3. The second-order valence-electron chi connectivity index (χ2n) is 7.99.